The van der Waals surface area contributed by atoms with E-state index in [9.17, 15) is 0 Å². The van der Waals surface area contributed by atoms with Crippen molar-refractivity contribution in [3.8, 4) is 0 Å². The van der Waals surface area contributed by atoms with Crippen molar-refractivity contribution in [2.75, 3.05) is 0 Å². The highest BCUT2D eigenvalue weighted by Crippen LogP contribution is 2.09. The first-order valence-corrected chi connectivity index (χ1v) is 4.81. The molecule has 1 aromatic heterocycles. The van der Waals surface area contributed by atoms with Gasteiger partial charge in [-0.1, -0.05) is 24.3 Å². The molecule has 0 saturated carbocycles. The number of benzene rings is 1. The van der Waals surface area contributed by atoms with Crippen LogP contribution in [0.2, 0.25) is 0 Å². The highest BCUT2D eigenvalue weighted by atomic mass is 16.3. The predicted molar refractivity (Wildman–Crippen MR) is 57.2 cm³/mol. The van der Waals surface area contributed by atoms with Crippen molar-refractivity contribution in [1.29, 1.82) is 0 Å². The van der Waals surface area contributed by atoms with Crippen LogP contribution in [0.5, 0.6) is 0 Å². The molecule has 0 spiro atoms. The minimum atomic E-state index is 0.0920. The summed E-state index contributed by atoms with van der Waals surface area (Å²) >= 11 is 0. The van der Waals surface area contributed by atoms with Gasteiger partial charge in [-0.2, -0.15) is 0 Å². The number of hydrogen-bond acceptors (Lipinski definition) is 3. The maximum atomic E-state index is 8.90. The lowest BCUT2D eigenvalue weighted by Gasteiger charge is -2.01. The lowest BCUT2D eigenvalue weighted by molar-refractivity contribution is 0.282. The molecule has 15 heavy (non-hydrogen) atoms. The number of aliphatic hydroxyl groups is 1. The van der Waals surface area contributed by atoms with Gasteiger partial charge in [-0.3, -0.25) is 0 Å². The molecule has 0 saturated heterocycles. The van der Waals surface area contributed by atoms with Crippen LogP contribution in [0.4, 0.5) is 0 Å². The fourth-order valence-electron chi connectivity index (χ4n) is 1.42. The van der Waals surface area contributed by atoms with E-state index in [-0.39, 0.29) is 6.61 Å². The maximum absolute atomic E-state index is 8.90. The van der Waals surface area contributed by atoms with Crippen LogP contribution < -0.4 is 0 Å². The first kappa shape index (κ1) is 9.80. The summed E-state index contributed by atoms with van der Waals surface area (Å²) in [7, 11) is 0. The molecule has 0 atom stereocenters. The summed E-state index contributed by atoms with van der Waals surface area (Å²) in [6, 6.07) is 7.88. The number of aliphatic hydroxyl groups excluding tert-OH is 1. The third-order valence-corrected chi connectivity index (χ3v) is 2.23. The Bertz CT molecular complexity index is 411. The fourth-order valence-corrected chi connectivity index (χ4v) is 1.42. The first-order chi connectivity index (χ1) is 7.38. The molecule has 2 rings (SSSR count). The quantitative estimate of drug-likeness (QED) is 0.817. The molecule has 0 aliphatic heterocycles. The second-order valence-electron chi connectivity index (χ2n) is 3.40. The van der Waals surface area contributed by atoms with Gasteiger partial charge in [-0.05, 0) is 16.7 Å². The molecule has 0 amide bonds. The zero-order chi connectivity index (χ0) is 10.5. The first-order valence-electron chi connectivity index (χ1n) is 4.81. The van der Waals surface area contributed by atoms with Crippen LogP contribution >= 0.6 is 0 Å². The SMILES string of the molecule is OCc1ccc(Cc2cncnc2)cc1. The van der Waals surface area contributed by atoms with Crippen molar-refractivity contribution in [3.63, 3.8) is 0 Å². The average molecular weight is 200 g/mol. The van der Waals surface area contributed by atoms with E-state index in [0.29, 0.717) is 0 Å². The van der Waals surface area contributed by atoms with Crippen LogP contribution in [-0.2, 0) is 13.0 Å². The van der Waals surface area contributed by atoms with E-state index in [1.807, 2.05) is 36.7 Å². The molecule has 0 fully saturated rings. The molecular formula is C12H12N2O. The van der Waals surface area contributed by atoms with Crippen LogP contribution in [0, 0.1) is 0 Å². The molecule has 1 N–H and O–H groups in total. The van der Waals surface area contributed by atoms with Gasteiger partial charge < -0.3 is 5.11 Å². The van der Waals surface area contributed by atoms with Gasteiger partial charge in [0.15, 0.2) is 0 Å². The summed E-state index contributed by atoms with van der Waals surface area (Å²) < 4.78 is 0. The Kier molecular flexibility index (Phi) is 3.05. The maximum Gasteiger partial charge on any atom is 0.115 e. The Morgan fingerprint density at radius 2 is 1.47 bits per heavy atom. The highest BCUT2D eigenvalue weighted by molar-refractivity contribution is 5.26. The molecule has 0 aliphatic carbocycles. The third kappa shape index (κ3) is 2.60. The molecule has 0 aliphatic rings. The van der Waals surface area contributed by atoms with E-state index in [0.717, 1.165) is 17.5 Å². The van der Waals surface area contributed by atoms with Crippen molar-refractivity contribution in [3.05, 3.63) is 59.7 Å². The van der Waals surface area contributed by atoms with Gasteiger partial charge in [0.25, 0.3) is 0 Å². The van der Waals surface area contributed by atoms with Crippen molar-refractivity contribution in [2.45, 2.75) is 13.0 Å². The monoisotopic (exact) mass is 200 g/mol. The Morgan fingerprint density at radius 1 is 0.867 bits per heavy atom. The van der Waals surface area contributed by atoms with Gasteiger partial charge in [0.1, 0.15) is 6.33 Å². The normalized spacial score (nSPS) is 10.2. The summed E-state index contributed by atoms with van der Waals surface area (Å²) in [5, 5.41) is 8.90. The molecule has 0 unspecified atom stereocenters. The zero-order valence-electron chi connectivity index (χ0n) is 8.30. The third-order valence-electron chi connectivity index (χ3n) is 2.23. The lowest BCUT2D eigenvalue weighted by Crippen LogP contribution is -1.91. The molecule has 1 heterocycles. The number of hydrogen-bond donors (Lipinski definition) is 1. The standard InChI is InChI=1S/C12H12N2O/c15-8-11-3-1-10(2-4-11)5-12-6-13-9-14-7-12/h1-4,6-7,9,15H,5,8H2. The fraction of sp³-hybridized carbons (Fsp3) is 0.167. The second-order valence-corrected chi connectivity index (χ2v) is 3.40. The average Bonchev–Trinajstić information content (AvgIpc) is 2.31. The zero-order valence-corrected chi connectivity index (χ0v) is 8.30. The Hall–Kier alpha value is -1.74. The summed E-state index contributed by atoms with van der Waals surface area (Å²) in [6.07, 6.45) is 5.98. The van der Waals surface area contributed by atoms with Gasteiger partial charge in [0.05, 0.1) is 6.61 Å². The van der Waals surface area contributed by atoms with E-state index >= 15 is 0 Å². The summed E-state index contributed by atoms with van der Waals surface area (Å²) in [5.74, 6) is 0. The van der Waals surface area contributed by atoms with Crippen LogP contribution in [0.1, 0.15) is 16.7 Å². The van der Waals surface area contributed by atoms with Crippen molar-refractivity contribution in [2.24, 2.45) is 0 Å². The van der Waals surface area contributed by atoms with E-state index < -0.39 is 0 Å². The number of nitrogens with zero attached hydrogens (tertiary/aromatic N) is 2. The van der Waals surface area contributed by atoms with E-state index in [4.69, 9.17) is 5.11 Å². The number of rotatable bonds is 3. The van der Waals surface area contributed by atoms with E-state index in [1.165, 1.54) is 11.9 Å². The van der Waals surface area contributed by atoms with E-state index in [1.54, 1.807) is 0 Å². The lowest BCUT2D eigenvalue weighted by atomic mass is 10.1. The van der Waals surface area contributed by atoms with Crippen LogP contribution in [-0.4, -0.2) is 15.1 Å². The molecule has 3 heteroatoms. The van der Waals surface area contributed by atoms with E-state index in [2.05, 4.69) is 9.97 Å². The molecule has 0 radical (unpaired) electrons. The van der Waals surface area contributed by atoms with Crippen molar-refractivity contribution >= 4 is 0 Å². The highest BCUT2D eigenvalue weighted by Gasteiger charge is 1.96. The smallest absolute Gasteiger partial charge is 0.115 e. The summed E-state index contributed by atoms with van der Waals surface area (Å²) in [6.45, 7) is 0.0920. The van der Waals surface area contributed by atoms with Crippen molar-refractivity contribution in [1.82, 2.24) is 9.97 Å². The van der Waals surface area contributed by atoms with Gasteiger partial charge in [0, 0.05) is 18.8 Å². The molecule has 76 valence electrons. The predicted octanol–water partition coefficient (Wildman–Crippen LogP) is 1.56. The largest absolute Gasteiger partial charge is 0.392 e. The van der Waals surface area contributed by atoms with Gasteiger partial charge >= 0.3 is 0 Å². The van der Waals surface area contributed by atoms with Crippen LogP contribution in [0.15, 0.2) is 43.0 Å². The van der Waals surface area contributed by atoms with Crippen LogP contribution in [0.3, 0.4) is 0 Å². The Labute approximate surface area is 88.5 Å². The van der Waals surface area contributed by atoms with Crippen molar-refractivity contribution < 1.29 is 5.11 Å². The van der Waals surface area contributed by atoms with Crippen LogP contribution in [0.25, 0.3) is 0 Å². The van der Waals surface area contributed by atoms with Gasteiger partial charge in [-0.25, -0.2) is 9.97 Å². The summed E-state index contributed by atoms with van der Waals surface area (Å²) in [5.41, 5.74) is 3.22. The molecule has 2 aromatic rings. The molecular weight excluding hydrogens is 188 g/mol. The Morgan fingerprint density at radius 3 is 2.07 bits per heavy atom. The molecule has 1 aromatic carbocycles. The van der Waals surface area contributed by atoms with Gasteiger partial charge in [0.2, 0.25) is 0 Å². The second kappa shape index (κ2) is 4.66. The summed E-state index contributed by atoms with van der Waals surface area (Å²) in [4.78, 5) is 7.93. The Balaban J connectivity index is 2.11. The van der Waals surface area contributed by atoms with Gasteiger partial charge in [-0.15, -0.1) is 0 Å². The minimum Gasteiger partial charge on any atom is -0.392 e. The topological polar surface area (TPSA) is 46.0 Å². The molecule has 3 nitrogen and oxygen atoms in total. The minimum absolute atomic E-state index is 0.0920. The molecule has 0 bridgehead atoms. The number of aromatic nitrogens is 2.